The number of hydrogen-bond donors (Lipinski definition) is 1. The summed E-state index contributed by atoms with van der Waals surface area (Å²) in [5, 5.41) is 5.36. The number of aromatic nitrogens is 1. The molecule has 0 atom stereocenters. The maximum Gasteiger partial charge on any atom is 0.249 e. The molecular formula is C18H15N5O2. The molecule has 0 aliphatic carbocycles. The maximum atomic E-state index is 11.9. The number of amides is 1. The highest BCUT2D eigenvalue weighted by molar-refractivity contribution is 6.05. The number of nitrogens with two attached hydrogens (primary N) is 1. The Morgan fingerprint density at radius 3 is 2.92 bits per heavy atom. The largest absolute Gasteiger partial charge is 0.493 e. The lowest BCUT2D eigenvalue weighted by Gasteiger charge is -2.12. The SMILES string of the molecule is [N-]=[N+]=NCCOc1ccc(-c2cccc3cnccc23)c(C(N)=O)c1. The average Bonchev–Trinajstić information content (AvgIpc) is 2.64. The molecule has 0 unspecified atom stereocenters. The summed E-state index contributed by atoms with van der Waals surface area (Å²) in [4.78, 5) is 18.7. The summed E-state index contributed by atoms with van der Waals surface area (Å²) in [5.41, 5.74) is 15.8. The number of ether oxygens (including phenoxy) is 1. The number of carbonyl (C=O) groups excluding carboxylic acids is 1. The zero-order chi connectivity index (χ0) is 17.6. The molecule has 2 aromatic carbocycles. The first-order valence-corrected chi connectivity index (χ1v) is 7.61. The second-order valence-electron chi connectivity index (χ2n) is 5.28. The first kappa shape index (κ1) is 16.3. The molecule has 3 rings (SSSR count). The van der Waals surface area contributed by atoms with Gasteiger partial charge < -0.3 is 10.5 Å². The van der Waals surface area contributed by atoms with Crippen molar-refractivity contribution in [2.45, 2.75) is 0 Å². The second-order valence-corrected chi connectivity index (χ2v) is 5.28. The molecule has 0 spiro atoms. The minimum atomic E-state index is -0.540. The molecule has 0 saturated heterocycles. The number of benzene rings is 2. The van der Waals surface area contributed by atoms with Gasteiger partial charge in [0.05, 0.1) is 18.7 Å². The van der Waals surface area contributed by atoms with E-state index in [4.69, 9.17) is 16.0 Å². The number of pyridine rings is 1. The molecular weight excluding hydrogens is 318 g/mol. The lowest BCUT2D eigenvalue weighted by Crippen LogP contribution is -2.13. The van der Waals surface area contributed by atoms with E-state index in [-0.39, 0.29) is 13.2 Å². The summed E-state index contributed by atoms with van der Waals surface area (Å²) in [5.74, 6) is -0.0471. The van der Waals surface area contributed by atoms with E-state index in [0.29, 0.717) is 11.3 Å². The van der Waals surface area contributed by atoms with E-state index in [9.17, 15) is 4.79 Å². The molecule has 7 heteroatoms. The van der Waals surface area contributed by atoms with Gasteiger partial charge in [0.25, 0.3) is 0 Å². The van der Waals surface area contributed by atoms with Crippen LogP contribution in [-0.2, 0) is 0 Å². The number of hydrogen-bond acceptors (Lipinski definition) is 4. The van der Waals surface area contributed by atoms with Gasteiger partial charge in [-0.25, -0.2) is 0 Å². The predicted molar refractivity (Wildman–Crippen MR) is 95.2 cm³/mol. The Morgan fingerprint density at radius 2 is 2.12 bits per heavy atom. The third-order valence-corrected chi connectivity index (χ3v) is 3.75. The summed E-state index contributed by atoms with van der Waals surface area (Å²) in [6, 6.07) is 12.9. The molecule has 7 nitrogen and oxygen atoms in total. The Morgan fingerprint density at radius 1 is 1.24 bits per heavy atom. The fourth-order valence-corrected chi connectivity index (χ4v) is 2.66. The van der Waals surface area contributed by atoms with Crippen LogP contribution in [0.5, 0.6) is 5.75 Å². The van der Waals surface area contributed by atoms with Crippen LogP contribution in [0.2, 0.25) is 0 Å². The van der Waals surface area contributed by atoms with Crippen molar-refractivity contribution in [1.29, 1.82) is 0 Å². The monoisotopic (exact) mass is 333 g/mol. The Hall–Kier alpha value is -3.57. The standard InChI is InChI=1S/C18H15N5O2/c19-18(24)17-10-13(25-9-8-22-23-20)4-5-16(17)15-3-1-2-12-11-21-7-6-14(12)15/h1-7,10-11H,8-9H2,(H2,19,24). The van der Waals surface area contributed by atoms with Crippen molar-refractivity contribution in [2.75, 3.05) is 13.2 Å². The van der Waals surface area contributed by atoms with Crippen molar-refractivity contribution >= 4 is 16.7 Å². The summed E-state index contributed by atoms with van der Waals surface area (Å²) < 4.78 is 5.49. The highest BCUT2D eigenvalue weighted by atomic mass is 16.5. The highest BCUT2D eigenvalue weighted by Crippen LogP contribution is 2.32. The van der Waals surface area contributed by atoms with Crippen LogP contribution in [0.4, 0.5) is 0 Å². The minimum Gasteiger partial charge on any atom is -0.493 e. The highest BCUT2D eigenvalue weighted by Gasteiger charge is 2.14. The topological polar surface area (TPSA) is 114 Å². The quantitative estimate of drug-likeness (QED) is 0.321. The molecule has 0 fully saturated rings. The lowest BCUT2D eigenvalue weighted by molar-refractivity contribution is 0.100. The summed E-state index contributed by atoms with van der Waals surface area (Å²) in [6.07, 6.45) is 3.49. The molecule has 2 N–H and O–H groups in total. The van der Waals surface area contributed by atoms with E-state index in [2.05, 4.69) is 15.0 Å². The van der Waals surface area contributed by atoms with Crippen molar-refractivity contribution < 1.29 is 9.53 Å². The molecule has 1 heterocycles. The van der Waals surface area contributed by atoms with Crippen LogP contribution in [-0.4, -0.2) is 24.0 Å². The zero-order valence-electron chi connectivity index (χ0n) is 13.3. The molecule has 0 saturated carbocycles. The van der Waals surface area contributed by atoms with Gasteiger partial charge in [-0.2, -0.15) is 0 Å². The van der Waals surface area contributed by atoms with Crippen LogP contribution in [0.15, 0.2) is 60.0 Å². The van der Waals surface area contributed by atoms with Gasteiger partial charge in [-0.1, -0.05) is 23.3 Å². The molecule has 0 aliphatic rings. The number of rotatable bonds is 6. The molecule has 0 bridgehead atoms. The molecule has 1 aromatic heterocycles. The normalized spacial score (nSPS) is 10.2. The number of carbonyl (C=O) groups is 1. The summed E-state index contributed by atoms with van der Waals surface area (Å²) in [6.45, 7) is 0.433. The summed E-state index contributed by atoms with van der Waals surface area (Å²) >= 11 is 0. The van der Waals surface area contributed by atoms with Crippen LogP contribution in [0.1, 0.15) is 10.4 Å². The summed E-state index contributed by atoms with van der Waals surface area (Å²) in [7, 11) is 0. The molecule has 0 aliphatic heterocycles. The van der Waals surface area contributed by atoms with E-state index in [1.165, 1.54) is 0 Å². The zero-order valence-corrected chi connectivity index (χ0v) is 13.3. The first-order chi connectivity index (χ1) is 12.2. The van der Waals surface area contributed by atoms with E-state index in [1.807, 2.05) is 24.3 Å². The van der Waals surface area contributed by atoms with Crippen LogP contribution in [0, 0.1) is 0 Å². The van der Waals surface area contributed by atoms with E-state index < -0.39 is 5.91 Å². The van der Waals surface area contributed by atoms with Gasteiger partial charge in [0.15, 0.2) is 0 Å². The third kappa shape index (κ3) is 3.52. The predicted octanol–water partition coefficient (Wildman–Crippen LogP) is 3.69. The van der Waals surface area contributed by atoms with Crippen LogP contribution in [0.3, 0.4) is 0 Å². The van der Waals surface area contributed by atoms with Crippen molar-refractivity contribution in [1.82, 2.24) is 4.98 Å². The Kier molecular flexibility index (Phi) is 4.78. The fourth-order valence-electron chi connectivity index (χ4n) is 2.66. The first-order valence-electron chi connectivity index (χ1n) is 7.61. The van der Waals surface area contributed by atoms with Crippen LogP contribution in [0.25, 0.3) is 32.3 Å². The lowest BCUT2D eigenvalue weighted by atomic mass is 9.95. The third-order valence-electron chi connectivity index (χ3n) is 3.75. The maximum absolute atomic E-state index is 11.9. The average molecular weight is 333 g/mol. The molecule has 3 aromatic rings. The number of nitrogens with zero attached hydrogens (tertiary/aromatic N) is 4. The van der Waals surface area contributed by atoms with Crippen molar-refractivity contribution in [3.8, 4) is 16.9 Å². The van der Waals surface area contributed by atoms with E-state index in [1.54, 1.807) is 30.6 Å². The number of primary amides is 1. The van der Waals surface area contributed by atoms with Crippen molar-refractivity contribution in [2.24, 2.45) is 10.8 Å². The number of fused-ring (bicyclic) bond motifs is 1. The van der Waals surface area contributed by atoms with Gasteiger partial charge in [0, 0.05) is 22.7 Å². The molecule has 25 heavy (non-hydrogen) atoms. The van der Waals surface area contributed by atoms with Crippen LogP contribution >= 0.6 is 0 Å². The van der Waals surface area contributed by atoms with E-state index >= 15 is 0 Å². The smallest absolute Gasteiger partial charge is 0.249 e. The Bertz CT molecular complexity index is 975. The molecule has 124 valence electrons. The molecule has 1 amide bonds. The van der Waals surface area contributed by atoms with Gasteiger partial charge in [0.2, 0.25) is 5.91 Å². The van der Waals surface area contributed by atoms with E-state index in [0.717, 1.165) is 21.9 Å². The number of azide groups is 1. The van der Waals surface area contributed by atoms with Gasteiger partial charge in [-0.3, -0.25) is 9.78 Å². The second kappa shape index (κ2) is 7.33. The van der Waals surface area contributed by atoms with Gasteiger partial charge in [-0.05, 0) is 46.3 Å². The fraction of sp³-hybridized carbons (Fsp3) is 0.111. The van der Waals surface area contributed by atoms with Gasteiger partial charge in [-0.15, -0.1) is 0 Å². The van der Waals surface area contributed by atoms with Gasteiger partial charge >= 0.3 is 0 Å². The van der Waals surface area contributed by atoms with Crippen LogP contribution < -0.4 is 10.5 Å². The van der Waals surface area contributed by atoms with Crippen molar-refractivity contribution in [3.05, 3.63) is 70.9 Å². The Labute approximate surface area is 143 Å². The van der Waals surface area contributed by atoms with Gasteiger partial charge in [0.1, 0.15) is 5.75 Å². The Balaban J connectivity index is 2.03. The molecule has 0 radical (unpaired) electrons. The van der Waals surface area contributed by atoms with Crippen molar-refractivity contribution in [3.63, 3.8) is 0 Å². The minimum absolute atomic E-state index is 0.209.